The van der Waals surface area contributed by atoms with Gasteiger partial charge in [0, 0.05) is 22.7 Å². The lowest BCUT2D eigenvalue weighted by Gasteiger charge is -2.22. The molecule has 1 aromatic carbocycles. The molecule has 1 atom stereocenters. The van der Waals surface area contributed by atoms with Crippen LogP contribution in [0.4, 0.5) is 5.69 Å². The van der Waals surface area contributed by atoms with Crippen LogP contribution in [0.3, 0.4) is 0 Å². The zero-order chi connectivity index (χ0) is 13.6. The summed E-state index contributed by atoms with van der Waals surface area (Å²) in [6.07, 6.45) is 3.37. The number of nitrogens with zero attached hydrogens (tertiary/aromatic N) is 1. The maximum atomic E-state index is 12.5. The Morgan fingerprint density at radius 3 is 2.42 bits per heavy atom. The Morgan fingerprint density at radius 2 is 1.84 bits per heavy atom. The first-order chi connectivity index (χ1) is 9.06. The van der Waals surface area contributed by atoms with E-state index in [0.29, 0.717) is 6.04 Å². The fourth-order valence-electron chi connectivity index (χ4n) is 2.92. The number of carbonyl (C=O) groups is 1. The van der Waals surface area contributed by atoms with E-state index in [1.807, 2.05) is 4.90 Å². The minimum atomic E-state index is 0.0231. The second-order valence-electron chi connectivity index (χ2n) is 5.66. The lowest BCUT2D eigenvalue weighted by atomic mass is 10.1. The molecule has 1 amide bonds. The summed E-state index contributed by atoms with van der Waals surface area (Å²) in [4.78, 5) is 14.5. The monoisotopic (exact) mass is 322 g/mol. The molecule has 0 radical (unpaired) electrons. The second kappa shape index (κ2) is 4.91. The van der Waals surface area contributed by atoms with Gasteiger partial charge >= 0.3 is 0 Å². The number of halogens is 1. The summed E-state index contributed by atoms with van der Waals surface area (Å²) >= 11 is 3.51. The molecule has 4 heteroatoms. The Hall–Kier alpha value is -0.870. The molecule has 1 saturated carbocycles. The van der Waals surface area contributed by atoms with E-state index in [0.717, 1.165) is 34.3 Å². The summed E-state index contributed by atoms with van der Waals surface area (Å²) in [6, 6.07) is 4.77. The molecule has 1 aliphatic carbocycles. The van der Waals surface area contributed by atoms with Gasteiger partial charge in [-0.3, -0.25) is 4.79 Å². The van der Waals surface area contributed by atoms with Crippen LogP contribution in [-0.2, 0) is 4.79 Å². The molecule has 0 bridgehead atoms. The molecule has 1 N–H and O–H groups in total. The molecule has 0 aromatic heterocycles. The van der Waals surface area contributed by atoms with E-state index in [2.05, 4.69) is 47.2 Å². The van der Waals surface area contributed by atoms with Gasteiger partial charge in [-0.2, -0.15) is 0 Å². The third-order valence-electron chi connectivity index (χ3n) is 3.95. The summed E-state index contributed by atoms with van der Waals surface area (Å²) < 4.78 is 1.07. The zero-order valence-corrected chi connectivity index (χ0v) is 13.0. The molecule has 1 heterocycles. The van der Waals surface area contributed by atoms with Crippen LogP contribution in [-0.4, -0.2) is 24.5 Å². The number of carbonyl (C=O) groups excluding carboxylic acids is 1. The van der Waals surface area contributed by atoms with Crippen LogP contribution in [0.25, 0.3) is 0 Å². The number of aryl methyl sites for hydroxylation is 2. The van der Waals surface area contributed by atoms with Gasteiger partial charge < -0.3 is 10.2 Å². The van der Waals surface area contributed by atoms with Crippen molar-refractivity contribution >= 4 is 27.5 Å². The summed E-state index contributed by atoms with van der Waals surface area (Å²) in [5, 5.41) is 3.45. The van der Waals surface area contributed by atoms with Crippen molar-refractivity contribution in [2.24, 2.45) is 0 Å². The molecule has 1 aromatic rings. The average Bonchev–Trinajstić information content (AvgIpc) is 3.07. The molecule has 2 aliphatic rings. The van der Waals surface area contributed by atoms with Gasteiger partial charge in [-0.25, -0.2) is 0 Å². The summed E-state index contributed by atoms with van der Waals surface area (Å²) in [5.41, 5.74) is 3.41. The number of rotatable bonds is 3. The third-order valence-corrected chi connectivity index (χ3v) is 4.40. The van der Waals surface area contributed by atoms with Gasteiger partial charge in [-0.15, -0.1) is 0 Å². The number of hydrogen-bond donors (Lipinski definition) is 1. The van der Waals surface area contributed by atoms with Gasteiger partial charge in [-0.1, -0.05) is 15.9 Å². The van der Waals surface area contributed by atoms with Crippen molar-refractivity contribution in [3.8, 4) is 0 Å². The minimum absolute atomic E-state index is 0.0231. The van der Waals surface area contributed by atoms with Gasteiger partial charge in [0.2, 0.25) is 5.91 Å². The highest BCUT2D eigenvalue weighted by Gasteiger charge is 2.37. The second-order valence-corrected chi connectivity index (χ2v) is 6.58. The Bertz CT molecular complexity index is 502. The fourth-order valence-corrected chi connectivity index (χ4v) is 3.61. The average molecular weight is 323 g/mol. The quantitative estimate of drug-likeness (QED) is 0.928. The van der Waals surface area contributed by atoms with E-state index in [1.54, 1.807) is 0 Å². The van der Waals surface area contributed by atoms with Crippen molar-refractivity contribution in [1.82, 2.24) is 5.32 Å². The van der Waals surface area contributed by atoms with Gasteiger partial charge in [0.1, 0.15) is 0 Å². The maximum absolute atomic E-state index is 12.5. The van der Waals surface area contributed by atoms with E-state index in [4.69, 9.17) is 0 Å². The lowest BCUT2D eigenvalue weighted by Crippen LogP contribution is -2.39. The Balaban J connectivity index is 1.84. The SMILES string of the molecule is Cc1cc(Br)cc(C)c1N1CCC(NC2CC2)C1=O. The molecule has 1 aliphatic heterocycles. The van der Waals surface area contributed by atoms with Crippen LogP contribution < -0.4 is 10.2 Å². The molecule has 102 valence electrons. The van der Waals surface area contributed by atoms with Gasteiger partial charge in [0.25, 0.3) is 0 Å². The van der Waals surface area contributed by atoms with Crippen LogP contribution in [0.2, 0.25) is 0 Å². The zero-order valence-electron chi connectivity index (χ0n) is 11.4. The molecular weight excluding hydrogens is 304 g/mol. The van der Waals surface area contributed by atoms with Gasteiger partial charge in [0.05, 0.1) is 6.04 Å². The number of nitrogens with one attached hydrogen (secondary N) is 1. The van der Waals surface area contributed by atoms with Crippen LogP contribution in [0.15, 0.2) is 16.6 Å². The highest BCUT2D eigenvalue weighted by atomic mass is 79.9. The smallest absolute Gasteiger partial charge is 0.244 e. The number of benzene rings is 1. The third kappa shape index (κ3) is 2.56. The highest BCUT2D eigenvalue weighted by Crippen LogP contribution is 2.32. The molecule has 2 fully saturated rings. The standard InChI is InChI=1S/C15H19BrN2O/c1-9-7-11(16)8-10(2)14(9)18-6-5-13(15(18)19)17-12-3-4-12/h7-8,12-13,17H,3-6H2,1-2H3. The van der Waals surface area contributed by atoms with E-state index in [-0.39, 0.29) is 11.9 Å². The molecule has 19 heavy (non-hydrogen) atoms. The maximum Gasteiger partial charge on any atom is 0.244 e. The van der Waals surface area contributed by atoms with Crippen molar-refractivity contribution in [1.29, 1.82) is 0 Å². The molecule has 1 unspecified atom stereocenters. The van der Waals surface area contributed by atoms with E-state index < -0.39 is 0 Å². The molecular formula is C15H19BrN2O. The van der Waals surface area contributed by atoms with Crippen molar-refractivity contribution in [2.75, 3.05) is 11.4 Å². The summed E-state index contributed by atoms with van der Waals surface area (Å²) in [5.74, 6) is 0.237. The van der Waals surface area contributed by atoms with E-state index in [1.165, 1.54) is 12.8 Å². The lowest BCUT2D eigenvalue weighted by molar-refractivity contribution is -0.118. The highest BCUT2D eigenvalue weighted by molar-refractivity contribution is 9.10. The van der Waals surface area contributed by atoms with Crippen molar-refractivity contribution in [3.05, 3.63) is 27.7 Å². The predicted octanol–water partition coefficient (Wildman–Crippen LogP) is 2.92. The Labute approximate surface area is 122 Å². The molecule has 1 saturated heterocycles. The van der Waals surface area contributed by atoms with E-state index >= 15 is 0 Å². The number of amides is 1. The van der Waals surface area contributed by atoms with Crippen molar-refractivity contribution < 1.29 is 4.79 Å². The fraction of sp³-hybridized carbons (Fsp3) is 0.533. The first-order valence-electron chi connectivity index (χ1n) is 6.90. The summed E-state index contributed by atoms with van der Waals surface area (Å²) in [7, 11) is 0. The van der Waals surface area contributed by atoms with Crippen LogP contribution in [0.5, 0.6) is 0 Å². The van der Waals surface area contributed by atoms with Crippen LogP contribution in [0, 0.1) is 13.8 Å². The predicted molar refractivity (Wildman–Crippen MR) is 80.5 cm³/mol. The van der Waals surface area contributed by atoms with Crippen molar-refractivity contribution in [3.63, 3.8) is 0 Å². The largest absolute Gasteiger partial charge is 0.310 e. The Morgan fingerprint density at radius 1 is 1.21 bits per heavy atom. The first kappa shape index (κ1) is 13.1. The number of hydrogen-bond acceptors (Lipinski definition) is 2. The molecule has 3 nitrogen and oxygen atoms in total. The first-order valence-corrected chi connectivity index (χ1v) is 7.70. The van der Waals surface area contributed by atoms with Crippen LogP contribution in [0.1, 0.15) is 30.4 Å². The van der Waals surface area contributed by atoms with E-state index in [9.17, 15) is 4.79 Å². The van der Waals surface area contributed by atoms with Crippen molar-refractivity contribution in [2.45, 2.75) is 45.2 Å². The normalized spacial score (nSPS) is 23.2. The molecule has 3 rings (SSSR count). The van der Waals surface area contributed by atoms with Crippen LogP contribution >= 0.6 is 15.9 Å². The Kier molecular flexibility index (Phi) is 3.39. The topological polar surface area (TPSA) is 32.3 Å². The summed E-state index contributed by atoms with van der Waals surface area (Å²) in [6.45, 7) is 4.97. The molecule has 0 spiro atoms. The number of anilines is 1. The minimum Gasteiger partial charge on any atom is -0.310 e. The van der Waals surface area contributed by atoms with Gasteiger partial charge in [0.15, 0.2) is 0 Å². The van der Waals surface area contributed by atoms with Gasteiger partial charge in [-0.05, 0) is 56.4 Å².